The highest BCUT2D eigenvalue weighted by Gasteiger charge is 2.33. The third kappa shape index (κ3) is 5.18. The van der Waals surface area contributed by atoms with Crippen LogP contribution in [0.15, 0.2) is 34.3 Å². The Morgan fingerprint density at radius 1 is 1.00 bits per heavy atom. The normalized spacial score (nSPS) is 16.7. The molecule has 1 nitrogen and oxygen atoms in total. The number of ketones is 1. The van der Waals surface area contributed by atoms with Crippen molar-refractivity contribution in [3.8, 4) is 0 Å². The molecule has 2 heteroatoms. The Morgan fingerprint density at radius 2 is 1.48 bits per heavy atom. The van der Waals surface area contributed by atoms with Gasteiger partial charge in [0, 0.05) is 11.1 Å². The minimum atomic E-state index is -0.116. The number of unbranched alkanes of at least 4 members (excludes halogenated alkanes) is 1. The van der Waals surface area contributed by atoms with Crippen molar-refractivity contribution in [1.29, 1.82) is 0 Å². The highest BCUT2D eigenvalue weighted by Crippen LogP contribution is 2.39. The summed E-state index contributed by atoms with van der Waals surface area (Å²) >= 11 is 1.85. The first-order valence-corrected chi connectivity index (χ1v) is 8.93. The van der Waals surface area contributed by atoms with Crippen LogP contribution >= 0.6 is 11.8 Å². The van der Waals surface area contributed by atoms with E-state index < -0.39 is 0 Å². The average molecular weight is 307 g/mol. The zero-order chi connectivity index (χ0) is 16.3. The molecule has 118 valence electrons. The fraction of sp³-hybridized carbons (Fsp3) is 0.632. The van der Waals surface area contributed by atoms with Crippen molar-refractivity contribution in [2.75, 3.05) is 5.75 Å². The van der Waals surface area contributed by atoms with Crippen LogP contribution in [-0.2, 0) is 4.79 Å². The number of hydrogen-bond donors (Lipinski definition) is 0. The molecule has 0 radical (unpaired) electrons. The molecule has 1 aliphatic carbocycles. The van der Waals surface area contributed by atoms with Gasteiger partial charge in [0.15, 0.2) is 5.78 Å². The molecule has 0 aromatic carbocycles. The first kappa shape index (κ1) is 18.3. The van der Waals surface area contributed by atoms with Gasteiger partial charge in [-0.25, -0.2) is 0 Å². The summed E-state index contributed by atoms with van der Waals surface area (Å²) in [4.78, 5) is 12.8. The Balaban J connectivity index is 3.13. The predicted molar refractivity (Wildman–Crippen MR) is 95.5 cm³/mol. The predicted octanol–water partition coefficient (Wildman–Crippen LogP) is 5.93. The van der Waals surface area contributed by atoms with E-state index in [0.29, 0.717) is 0 Å². The molecular formula is C19H30OS. The van der Waals surface area contributed by atoms with Gasteiger partial charge in [-0.05, 0) is 46.1 Å². The summed E-state index contributed by atoms with van der Waals surface area (Å²) < 4.78 is 0. The summed E-state index contributed by atoms with van der Waals surface area (Å²) in [6.45, 7) is 14.9. The number of Topliss-reactive ketones (excluding diaryl/α,β-unsaturated/α-hetero) is 1. The van der Waals surface area contributed by atoms with E-state index in [0.717, 1.165) is 16.9 Å². The third-order valence-corrected chi connectivity index (χ3v) is 4.53. The van der Waals surface area contributed by atoms with Crippen LogP contribution in [0, 0.1) is 10.8 Å². The Morgan fingerprint density at radius 3 is 1.86 bits per heavy atom. The summed E-state index contributed by atoms with van der Waals surface area (Å²) in [5.41, 5.74) is 2.80. The molecule has 1 aliphatic rings. The lowest BCUT2D eigenvalue weighted by Gasteiger charge is -2.31. The Kier molecular flexibility index (Phi) is 6.10. The first-order valence-electron chi connectivity index (χ1n) is 7.88. The molecule has 0 fully saturated rings. The van der Waals surface area contributed by atoms with E-state index >= 15 is 0 Å². The van der Waals surface area contributed by atoms with Crippen molar-refractivity contribution in [2.45, 2.75) is 61.3 Å². The van der Waals surface area contributed by atoms with E-state index in [9.17, 15) is 4.79 Å². The molecule has 0 aromatic rings. The molecular weight excluding hydrogens is 276 g/mol. The van der Waals surface area contributed by atoms with Crippen molar-refractivity contribution < 1.29 is 4.79 Å². The Bertz CT molecular complexity index is 443. The van der Waals surface area contributed by atoms with Crippen LogP contribution in [0.2, 0.25) is 0 Å². The van der Waals surface area contributed by atoms with Crippen molar-refractivity contribution in [3.05, 3.63) is 34.3 Å². The van der Waals surface area contributed by atoms with Crippen molar-refractivity contribution in [3.63, 3.8) is 0 Å². The summed E-state index contributed by atoms with van der Waals surface area (Å²) in [6, 6.07) is 0. The molecule has 1 rings (SSSR count). The fourth-order valence-electron chi connectivity index (χ4n) is 2.22. The smallest absolute Gasteiger partial charge is 0.186 e. The van der Waals surface area contributed by atoms with Crippen LogP contribution in [-0.4, -0.2) is 11.5 Å². The molecule has 21 heavy (non-hydrogen) atoms. The van der Waals surface area contributed by atoms with E-state index in [-0.39, 0.29) is 16.6 Å². The number of rotatable bonds is 4. The van der Waals surface area contributed by atoms with Crippen LogP contribution in [0.1, 0.15) is 61.3 Å². The molecule has 0 aromatic heterocycles. The molecule has 0 atom stereocenters. The van der Waals surface area contributed by atoms with Crippen molar-refractivity contribution >= 4 is 17.5 Å². The molecule has 0 bridgehead atoms. The molecule has 0 heterocycles. The second kappa shape index (κ2) is 7.00. The van der Waals surface area contributed by atoms with E-state index in [2.05, 4.69) is 66.0 Å². The first-order chi connectivity index (χ1) is 9.57. The van der Waals surface area contributed by atoms with Gasteiger partial charge in [-0.15, -0.1) is 11.8 Å². The minimum absolute atomic E-state index is 0.116. The van der Waals surface area contributed by atoms with Crippen LogP contribution in [0.25, 0.3) is 0 Å². The van der Waals surface area contributed by atoms with Crippen molar-refractivity contribution in [2.24, 2.45) is 10.8 Å². The van der Waals surface area contributed by atoms with Crippen LogP contribution < -0.4 is 0 Å². The molecule has 0 aliphatic heterocycles. The standard InChI is InChI=1S/C19H30OS/c1-8-9-10-21-13-14-11-15(18(2,3)4)17(20)16(12-14)19(5,6)7/h11-13H,8-10H2,1-7H3. The maximum atomic E-state index is 12.8. The Labute approximate surface area is 135 Å². The van der Waals surface area contributed by atoms with Gasteiger partial charge in [-0.2, -0.15) is 0 Å². The summed E-state index contributed by atoms with van der Waals surface area (Å²) in [5, 5.41) is 2.21. The van der Waals surface area contributed by atoms with Gasteiger partial charge in [-0.1, -0.05) is 54.9 Å². The van der Waals surface area contributed by atoms with E-state index in [1.807, 2.05) is 11.8 Å². The number of carbonyl (C=O) groups is 1. The molecule has 0 unspecified atom stereocenters. The van der Waals surface area contributed by atoms with Gasteiger partial charge in [-0.3, -0.25) is 4.79 Å². The zero-order valence-corrected chi connectivity index (χ0v) is 15.5. The van der Waals surface area contributed by atoms with Crippen LogP contribution in [0.4, 0.5) is 0 Å². The average Bonchev–Trinajstić information content (AvgIpc) is 2.33. The lowest BCUT2D eigenvalue weighted by atomic mass is 9.72. The van der Waals surface area contributed by atoms with Gasteiger partial charge in [0.25, 0.3) is 0 Å². The maximum Gasteiger partial charge on any atom is 0.186 e. The monoisotopic (exact) mass is 306 g/mol. The lowest BCUT2D eigenvalue weighted by Crippen LogP contribution is -2.27. The lowest BCUT2D eigenvalue weighted by molar-refractivity contribution is -0.114. The van der Waals surface area contributed by atoms with E-state index in [4.69, 9.17) is 0 Å². The molecule has 0 spiro atoms. The molecule has 0 N–H and O–H groups in total. The summed E-state index contributed by atoms with van der Waals surface area (Å²) in [7, 11) is 0. The van der Waals surface area contributed by atoms with Gasteiger partial charge in [0.05, 0.1) is 0 Å². The van der Waals surface area contributed by atoms with Gasteiger partial charge in [0.2, 0.25) is 0 Å². The number of carbonyl (C=O) groups excluding carboxylic acids is 1. The maximum absolute atomic E-state index is 12.8. The van der Waals surface area contributed by atoms with Crippen LogP contribution in [0.3, 0.4) is 0 Å². The quantitative estimate of drug-likeness (QED) is 0.599. The third-order valence-electron chi connectivity index (χ3n) is 3.56. The number of hydrogen-bond acceptors (Lipinski definition) is 2. The zero-order valence-electron chi connectivity index (χ0n) is 14.7. The highest BCUT2D eigenvalue weighted by atomic mass is 32.2. The summed E-state index contributed by atoms with van der Waals surface area (Å²) in [6.07, 6.45) is 6.62. The molecule has 0 amide bonds. The topological polar surface area (TPSA) is 17.1 Å². The van der Waals surface area contributed by atoms with Gasteiger partial charge < -0.3 is 0 Å². The van der Waals surface area contributed by atoms with E-state index in [1.165, 1.54) is 18.4 Å². The van der Waals surface area contributed by atoms with Crippen LogP contribution in [0.5, 0.6) is 0 Å². The van der Waals surface area contributed by atoms with Crippen molar-refractivity contribution in [1.82, 2.24) is 0 Å². The highest BCUT2D eigenvalue weighted by molar-refractivity contribution is 8.02. The SMILES string of the molecule is CCCCSC=C1C=C(C(C)(C)C)C(=O)C(C(C)(C)C)=C1. The molecule has 0 saturated heterocycles. The van der Waals surface area contributed by atoms with E-state index in [1.54, 1.807) is 0 Å². The largest absolute Gasteiger partial charge is 0.289 e. The second-order valence-corrected chi connectivity index (χ2v) is 8.76. The minimum Gasteiger partial charge on any atom is -0.289 e. The van der Waals surface area contributed by atoms with Gasteiger partial charge in [0.1, 0.15) is 0 Å². The summed E-state index contributed by atoms with van der Waals surface area (Å²) in [5.74, 6) is 1.36. The Hall–Kier alpha value is -0.760. The fourth-order valence-corrected chi connectivity index (χ4v) is 3.12. The molecule has 0 saturated carbocycles. The number of thioether (sulfide) groups is 1. The second-order valence-electron chi connectivity index (χ2n) is 7.79. The van der Waals surface area contributed by atoms with Gasteiger partial charge >= 0.3 is 0 Å². The number of allylic oxidation sites excluding steroid dienone is 5.